The summed E-state index contributed by atoms with van der Waals surface area (Å²) < 4.78 is 2.05. The maximum absolute atomic E-state index is 6.37. The molecule has 1 aromatic rings. The van der Waals surface area contributed by atoms with Gasteiger partial charge >= 0.3 is 0 Å². The van der Waals surface area contributed by atoms with E-state index < -0.39 is 0 Å². The number of aryl methyl sites for hydroxylation is 2. The third-order valence-corrected chi connectivity index (χ3v) is 3.45. The molecule has 0 unspecified atom stereocenters. The standard InChI is InChI=1S/C14H26ClN3/c1-5-12-14(15)13(18(6-2)17-12)8-7-9-16-10-11(3)4/h11,16H,5-10H2,1-4H3. The van der Waals surface area contributed by atoms with E-state index in [0.29, 0.717) is 5.92 Å². The molecule has 0 spiro atoms. The number of aromatic nitrogens is 2. The lowest BCUT2D eigenvalue weighted by Gasteiger charge is -2.08. The van der Waals surface area contributed by atoms with Crippen LogP contribution in [0.3, 0.4) is 0 Å². The van der Waals surface area contributed by atoms with Gasteiger partial charge in [0.25, 0.3) is 0 Å². The average molecular weight is 272 g/mol. The molecule has 4 heteroatoms. The zero-order chi connectivity index (χ0) is 13.5. The summed E-state index contributed by atoms with van der Waals surface area (Å²) in [4.78, 5) is 0. The SMILES string of the molecule is CCc1nn(CC)c(CCCNCC(C)C)c1Cl. The Morgan fingerprint density at radius 2 is 2.06 bits per heavy atom. The van der Waals surface area contributed by atoms with E-state index in [1.165, 1.54) is 5.69 Å². The fourth-order valence-corrected chi connectivity index (χ4v) is 2.39. The molecular formula is C14H26ClN3. The second-order valence-corrected chi connectivity index (χ2v) is 5.46. The van der Waals surface area contributed by atoms with E-state index in [1.54, 1.807) is 0 Å². The lowest BCUT2D eigenvalue weighted by atomic mass is 10.2. The molecular weight excluding hydrogens is 246 g/mol. The summed E-state index contributed by atoms with van der Waals surface area (Å²) in [6.07, 6.45) is 3.02. The van der Waals surface area contributed by atoms with Crippen molar-refractivity contribution in [2.75, 3.05) is 13.1 Å². The monoisotopic (exact) mass is 271 g/mol. The maximum Gasteiger partial charge on any atom is 0.0849 e. The molecule has 0 fully saturated rings. The van der Waals surface area contributed by atoms with E-state index in [4.69, 9.17) is 11.6 Å². The van der Waals surface area contributed by atoms with Gasteiger partial charge in [-0.25, -0.2) is 0 Å². The van der Waals surface area contributed by atoms with Crippen molar-refractivity contribution in [3.8, 4) is 0 Å². The predicted octanol–water partition coefficient (Wildman–Crippen LogP) is 3.30. The van der Waals surface area contributed by atoms with Gasteiger partial charge in [0.1, 0.15) is 0 Å². The highest BCUT2D eigenvalue weighted by Gasteiger charge is 2.13. The Bertz CT molecular complexity index is 358. The van der Waals surface area contributed by atoms with Crippen LogP contribution in [0.1, 0.15) is 45.5 Å². The number of halogens is 1. The van der Waals surface area contributed by atoms with Gasteiger partial charge in [0.15, 0.2) is 0 Å². The van der Waals surface area contributed by atoms with Crippen molar-refractivity contribution < 1.29 is 0 Å². The Morgan fingerprint density at radius 1 is 1.33 bits per heavy atom. The first kappa shape index (κ1) is 15.5. The maximum atomic E-state index is 6.37. The fourth-order valence-electron chi connectivity index (χ4n) is 2.03. The zero-order valence-corrected chi connectivity index (χ0v) is 12.8. The first-order valence-corrected chi connectivity index (χ1v) is 7.42. The summed E-state index contributed by atoms with van der Waals surface area (Å²) >= 11 is 6.37. The minimum absolute atomic E-state index is 0.710. The van der Waals surface area contributed by atoms with Crippen LogP contribution in [0.5, 0.6) is 0 Å². The molecule has 0 atom stereocenters. The Labute approximate surface area is 116 Å². The van der Waals surface area contributed by atoms with Crippen LogP contribution in [0.4, 0.5) is 0 Å². The number of nitrogens with zero attached hydrogens (tertiary/aromatic N) is 2. The van der Waals surface area contributed by atoms with Gasteiger partial charge in [0.05, 0.1) is 16.4 Å². The second kappa shape index (κ2) is 7.80. The minimum Gasteiger partial charge on any atom is -0.316 e. The van der Waals surface area contributed by atoms with Crippen LogP contribution in [-0.2, 0) is 19.4 Å². The van der Waals surface area contributed by atoms with Crippen LogP contribution < -0.4 is 5.32 Å². The molecule has 0 amide bonds. The molecule has 0 aliphatic rings. The molecule has 1 rings (SSSR count). The normalized spacial score (nSPS) is 11.4. The van der Waals surface area contributed by atoms with E-state index in [1.807, 2.05) is 4.68 Å². The number of hydrogen-bond donors (Lipinski definition) is 1. The molecule has 0 radical (unpaired) electrons. The van der Waals surface area contributed by atoms with Crippen LogP contribution in [0.2, 0.25) is 5.02 Å². The topological polar surface area (TPSA) is 29.9 Å². The zero-order valence-electron chi connectivity index (χ0n) is 12.1. The number of rotatable bonds is 8. The molecule has 1 aromatic heterocycles. The third kappa shape index (κ3) is 4.29. The predicted molar refractivity (Wildman–Crippen MR) is 78.3 cm³/mol. The fraction of sp³-hybridized carbons (Fsp3) is 0.786. The van der Waals surface area contributed by atoms with Gasteiger partial charge in [0, 0.05) is 6.54 Å². The highest BCUT2D eigenvalue weighted by atomic mass is 35.5. The minimum atomic E-state index is 0.710. The van der Waals surface area contributed by atoms with E-state index in [2.05, 4.69) is 38.1 Å². The van der Waals surface area contributed by atoms with Gasteiger partial charge < -0.3 is 5.32 Å². The molecule has 1 heterocycles. The van der Waals surface area contributed by atoms with Crippen molar-refractivity contribution >= 4 is 11.6 Å². The van der Waals surface area contributed by atoms with Crippen molar-refractivity contribution in [2.45, 2.75) is 53.5 Å². The second-order valence-electron chi connectivity index (χ2n) is 5.08. The molecule has 0 aliphatic heterocycles. The van der Waals surface area contributed by atoms with E-state index in [-0.39, 0.29) is 0 Å². The van der Waals surface area contributed by atoms with Crippen LogP contribution in [0, 0.1) is 5.92 Å². The van der Waals surface area contributed by atoms with Gasteiger partial charge in [-0.15, -0.1) is 0 Å². The lowest BCUT2D eigenvalue weighted by molar-refractivity contribution is 0.534. The highest BCUT2D eigenvalue weighted by Crippen LogP contribution is 2.22. The average Bonchev–Trinajstić information content (AvgIpc) is 2.65. The van der Waals surface area contributed by atoms with Crippen molar-refractivity contribution in [2.24, 2.45) is 5.92 Å². The Balaban J connectivity index is 2.48. The Kier molecular flexibility index (Phi) is 6.72. The molecule has 104 valence electrons. The number of hydrogen-bond acceptors (Lipinski definition) is 2. The van der Waals surface area contributed by atoms with Crippen molar-refractivity contribution in [3.63, 3.8) is 0 Å². The van der Waals surface area contributed by atoms with Gasteiger partial charge in [-0.3, -0.25) is 4.68 Å². The van der Waals surface area contributed by atoms with Gasteiger partial charge in [-0.2, -0.15) is 5.10 Å². The molecule has 1 N–H and O–H groups in total. The Morgan fingerprint density at radius 3 is 2.61 bits per heavy atom. The molecule has 0 aromatic carbocycles. The van der Waals surface area contributed by atoms with E-state index in [9.17, 15) is 0 Å². The summed E-state index contributed by atoms with van der Waals surface area (Å²) in [6, 6.07) is 0. The van der Waals surface area contributed by atoms with Crippen LogP contribution in [0.25, 0.3) is 0 Å². The summed E-state index contributed by atoms with van der Waals surface area (Å²) in [5.74, 6) is 0.710. The summed E-state index contributed by atoms with van der Waals surface area (Å²) in [5, 5.41) is 8.88. The first-order valence-electron chi connectivity index (χ1n) is 7.04. The van der Waals surface area contributed by atoms with Crippen LogP contribution in [0.15, 0.2) is 0 Å². The van der Waals surface area contributed by atoms with Gasteiger partial charge in [-0.05, 0) is 45.2 Å². The smallest absolute Gasteiger partial charge is 0.0849 e. The quantitative estimate of drug-likeness (QED) is 0.736. The van der Waals surface area contributed by atoms with Crippen LogP contribution in [-0.4, -0.2) is 22.9 Å². The van der Waals surface area contributed by atoms with E-state index in [0.717, 1.165) is 49.6 Å². The van der Waals surface area contributed by atoms with Crippen molar-refractivity contribution in [1.82, 2.24) is 15.1 Å². The summed E-state index contributed by atoms with van der Waals surface area (Å²) in [7, 11) is 0. The third-order valence-electron chi connectivity index (χ3n) is 3.01. The van der Waals surface area contributed by atoms with Crippen molar-refractivity contribution in [3.05, 3.63) is 16.4 Å². The summed E-state index contributed by atoms with van der Waals surface area (Å²) in [6.45, 7) is 11.7. The molecule has 0 aliphatic carbocycles. The van der Waals surface area contributed by atoms with Gasteiger partial charge in [0.2, 0.25) is 0 Å². The Hall–Kier alpha value is -0.540. The first-order chi connectivity index (χ1) is 8.60. The molecule has 0 saturated heterocycles. The largest absolute Gasteiger partial charge is 0.316 e. The molecule has 18 heavy (non-hydrogen) atoms. The summed E-state index contributed by atoms with van der Waals surface area (Å²) in [5.41, 5.74) is 2.23. The molecule has 0 saturated carbocycles. The number of nitrogens with one attached hydrogen (secondary N) is 1. The molecule has 3 nitrogen and oxygen atoms in total. The molecule has 0 bridgehead atoms. The van der Waals surface area contributed by atoms with E-state index >= 15 is 0 Å². The van der Waals surface area contributed by atoms with Crippen LogP contribution >= 0.6 is 11.6 Å². The highest BCUT2D eigenvalue weighted by molar-refractivity contribution is 6.31. The van der Waals surface area contributed by atoms with Crippen molar-refractivity contribution in [1.29, 1.82) is 0 Å². The lowest BCUT2D eigenvalue weighted by Crippen LogP contribution is -2.21. The van der Waals surface area contributed by atoms with Gasteiger partial charge in [-0.1, -0.05) is 32.4 Å².